The third-order valence-corrected chi connectivity index (χ3v) is 6.57. The zero-order valence-corrected chi connectivity index (χ0v) is 22.7. The summed E-state index contributed by atoms with van der Waals surface area (Å²) in [5.41, 5.74) is 1.45. The zero-order valence-electron chi connectivity index (χ0n) is 22.7. The number of fused-ring (bicyclic) bond motifs is 1. The lowest BCUT2D eigenvalue weighted by atomic mass is 10.0. The summed E-state index contributed by atoms with van der Waals surface area (Å²) in [6.07, 6.45) is 1.47. The van der Waals surface area contributed by atoms with Crippen LogP contribution < -0.4 is 15.4 Å². The number of anilines is 1. The predicted molar refractivity (Wildman–Crippen MR) is 148 cm³/mol. The summed E-state index contributed by atoms with van der Waals surface area (Å²) in [7, 11) is 2.03. The van der Waals surface area contributed by atoms with E-state index in [1.807, 2.05) is 37.5 Å². The second-order valence-corrected chi connectivity index (χ2v) is 9.69. The van der Waals surface area contributed by atoms with Gasteiger partial charge in [0.15, 0.2) is 0 Å². The van der Waals surface area contributed by atoms with Gasteiger partial charge in [-0.15, -0.1) is 0 Å². The number of piperidine rings is 1. The van der Waals surface area contributed by atoms with Crippen LogP contribution in [0.2, 0.25) is 0 Å². The van der Waals surface area contributed by atoms with Crippen molar-refractivity contribution in [3.05, 3.63) is 78.4 Å². The lowest BCUT2D eigenvalue weighted by molar-refractivity contribution is -0.137. The molecule has 2 aromatic carbocycles. The van der Waals surface area contributed by atoms with E-state index >= 15 is 0 Å². The molecule has 0 unspecified atom stereocenters. The molecular formula is C29H31F3N6O3. The zero-order chi connectivity index (χ0) is 29.4. The van der Waals surface area contributed by atoms with Crippen LogP contribution in [0.15, 0.2) is 67.1 Å². The van der Waals surface area contributed by atoms with Gasteiger partial charge in [-0.05, 0) is 55.3 Å². The lowest BCUT2D eigenvalue weighted by Crippen LogP contribution is -2.43. The molecule has 216 valence electrons. The molecule has 2 amide bonds. The number of nitrogens with one attached hydrogen (secondary N) is 2. The average Bonchev–Trinajstić information content (AvgIpc) is 3.30. The first kappa shape index (κ1) is 29.5. The quantitative estimate of drug-likeness (QED) is 0.300. The molecule has 0 spiro atoms. The van der Waals surface area contributed by atoms with Crippen LogP contribution in [-0.2, 0) is 29.4 Å². The van der Waals surface area contributed by atoms with Crippen LogP contribution in [0.1, 0.15) is 31.0 Å². The van der Waals surface area contributed by atoms with E-state index in [9.17, 15) is 22.8 Å². The summed E-state index contributed by atoms with van der Waals surface area (Å²) in [4.78, 5) is 32.1. The van der Waals surface area contributed by atoms with E-state index in [-0.39, 0.29) is 17.6 Å². The number of amides is 2. The Hall–Kier alpha value is -4.45. The number of ether oxygens (including phenoxy) is 1. The highest BCUT2D eigenvalue weighted by molar-refractivity contribution is 5.81. The molecule has 3 heterocycles. The van der Waals surface area contributed by atoms with Gasteiger partial charge >= 0.3 is 6.18 Å². The van der Waals surface area contributed by atoms with Crippen molar-refractivity contribution in [1.29, 1.82) is 0 Å². The monoisotopic (exact) mass is 568 g/mol. The SMILES string of the molecule is CC(=O)NC1CCN(Cc2cc(Oc3ccc4c(ccn4C)c3)ncn2)CC1.O=CNc1cccc(C(F)(F)F)c1. The Labute approximate surface area is 235 Å². The van der Waals surface area contributed by atoms with Crippen molar-refractivity contribution in [3.63, 3.8) is 0 Å². The second kappa shape index (κ2) is 13.3. The maximum atomic E-state index is 12.1. The summed E-state index contributed by atoms with van der Waals surface area (Å²) >= 11 is 0. The van der Waals surface area contributed by atoms with Crippen LogP contribution in [0, 0.1) is 0 Å². The Morgan fingerprint density at radius 1 is 1.10 bits per heavy atom. The fourth-order valence-electron chi connectivity index (χ4n) is 4.57. The van der Waals surface area contributed by atoms with Crippen molar-refractivity contribution in [3.8, 4) is 11.6 Å². The van der Waals surface area contributed by atoms with Crippen LogP contribution in [0.3, 0.4) is 0 Å². The van der Waals surface area contributed by atoms with Crippen molar-refractivity contribution in [1.82, 2.24) is 24.8 Å². The molecule has 1 saturated heterocycles. The molecule has 12 heteroatoms. The molecule has 1 aliphatic rings. The molecule has 0 radical (unpaired) electrons. The summed E-state index contributed by atoms with van der Waals surface area (Å²) < 4.78 is 44.3. The number of likely N-dealkylation sites (tertiary alicyclic amines) is 1. The number of aromatic nitrogens is 3. The van der Waals surface area contributed by atoms with Gasteiger partial charge in [-0.1, -0.05) is 6.07 Å². The normalized spacial score (nSPS) is 14.2. The molecule has 2 aromatic heterocycles. The number of hydrogen-bond acceptors (Lipinski definition) is 6. The van der Waals surface area contributed by atoms with E-state index in [1.165, 1.54) is 17.6 Å². The van der Waals surface area contributed by atoms with Crippen LogP contribution >= 0.6 is 0 Å². The fraction of sp³-hybridized carbons (Fsp3) is 0.310. The third-order valence-electron chi connectivity index (χ3n) is 6.57. The minimum absolute atomic E-state index is 0.0460. The Bertz CT molecular complexity index is 1480. The molecule has 2 N–H and O–H groups in total. The Balaban J connectivity index is 0.000000251. The fourth-order valence-corrected chi connectivity index (χ4v) is 4.57. The molecule has 0 saturated carbocycles. The van der Waals surface area contributed by atoms with Gasteiger partial charge in [-0.3, -0.25) is 14.5 Å². The molecule has 0 atom stereocenters. The van der Waals surface area contributed by atoms with Gasteiger partial charge in [0.05, 0.1) is 11.3 Å². The lowest BCUT2D eigenvalue weighted by Gasteiger charge is -2.31. The summed E-state index contributed by atoms with van der Waals surface area (Å²) in [6, 6.07) is 14.7. The number of nitrogens with zero attached hydrogens (tertiary/aromatic N) is 4. The Kier molecular flexibility index (Phi) is 9.56. The minimum Gasteiger partial charge on any atom is -0.439 e. The number of rotatable bonds is 7. The number of benzene rings is 2. The Morgan fingerprint density at radius 3 is 2.59 bits per heavy atom. The van der Waals surface area contributed by atoms with Gasteiger partial charge in [0, 0.05) is 68.5 Å². The standard InChI is InChI=1S/C21H25N5O2.C8H6F3NO/c1-15(27)24-17-6-9-26(10-7-17)13-18-12-21(23-14-22-18)28-19-3-4-20-16(11-19)5-8-25(20)2;9-8(10,11)6-2-1-3-7(4-6)12-5-13/h3-5,8,11-12,14,17H,6-7,9-10,13H2,1-2H3,(H,24,27);1-5H,(H,12,13). The molecule has 1 fully saturated rings. The van der Waals surface area contributed by atoms with Gasteiger partial charge in [0.1, 0.15) is 12.1 Å². The Morgan fingerprint density at radius 2 is 1.88 bits per heavy atom. The minimum atomic E-state index is -4.37. The van der Waals surface area contributed by atoms with Gasteiger partial charge in [0.2, 0.25) is 18.2 Å². The van der Waals surface area contributed by atoms with Crippen LogP contribution in [0.4, 0.5) is 18.9 Å². The van der Waals surface area contributed by atoms with E-state index in [0.29, 0.717) is 12.3 Å². The average molecular weight is 569 g/mol. The summed E-state index contributed by atoms with van der Waals surface area (Å²) in [6.45, 7) is 4.21. The molecule has 4 aromatic rings. The molecule has 1 aliphatic heterocycles. The highest BCUT2D eigenvalue weighted by atomic mass is 19.4. The van der Waals surface area contributed by atoms with E-state index in [1.54, 1.807) is 13.3 Å². The van der Waals surface area contributed by atoms with E-state index in [2.05, 4.69) is 36.1 Å². The van der Waals surface area contributed by atoms with Gasteiger partial charge in [-0.2, -0.15) is 13.2 Å². The van der Waals surface area contributed by atoms with Crippen molar-refractivity contribution in [2.24, 2.45) is 7.05 Å². The van der Waals surface area contributed by atoms with Crippen molar-refractivity contribution in [2.75, 3.05) is 18.4 Å². The maximum Gasteiger partial charge on any atom is 0.416 e. The third kappa shape index (κ3) is 8.52. The maximum absolute atomic E-state index is 12.1. The number of carbonyl (C=O) groups excluding carboxylic acids is 2. The first-order valence-electron chi connectivity index (χ1n) is 13.0. The summed E-state index contributed by atoms with van der Waals surface area (Å²) in [5, 5.41) is 6.28. The number of halogens is 3. The van der Waals surface area contributed by atoms with E-state index in [0.717, 1.165) is 61.4 Å². The van der Waals surface area contributed by atoms with Crippen LogP contribution in [0.5, 0.6) is 11.6 Å². The van der Waals surface area contributed by atoms with Gasteiger partial charge in [0.25, 0.3) is 0 Å². The summed E-state index contributed by atoms with van der Waals surface area (Å²) in [5.74, 6) is 1.36. The molecular weight excluding hydrogens is 537 g/mol. The van der Waals surface area contributed by atoms with Crippen molar-refractivity contribution in [2.45, 2.75) is 38.5 Å². The number of carbonyl (C=O) groups is 2. The molecule has 5 rings (SSSR count). The molecule has 0 aliphatic carbocycles. The smallest absolute Gasteiger partial charge is 0.416 e. The second-order valence-electron chi connectivity index (χ2n) is 9.69. The highest BCUT2D eigenvalue weighted by Gasteiger charge is 2.30. The van der Waals surface area contributed by atoms with Crippen molar-refractivity contribution < 1.29 is 27.5 Å². The van der Waals surface area contributed by atoms with Crippen molar-refractivity contribution >= 4 is 28.9 Å². The van der Waals surface area contributed by atoms with Gasteiger partial charge < -0.3 is 19.9 Å². The molecule has 0 bridgehead atoms. The number of hydrogen-bond donors (Lipinski definition) is 2. The van der Waals surface area contributed by atoms with Crippen LogP contribution in [0.25, 0.3) is 10.9 Å². The van der Waals surface area contributed by atoms with E-state index in [4.69, 9.17) is 4.74 Å². The first-order chi connectivity index (χ1) is 19.6. The van der Waals surface area contributed by atoms with Crippen LogP contribution in [-0.4, -0.2) is 50.9 Å². The molecule has 9 nitrogen and oxygen atoms in total. The molecule has 41 heavy (non-hydrogen) atoms. The number of alkyl halides is 3. The van der Waals surface area contributed by atoms with Gasteiger partial charge in [-0.25, -0.2) is 9.97 Å². The number of aryl methyl sites for hydroxylation is 1. The highest BCUT2D eigenvalue weighted by Crippen LogP contribution is 2.30. The predicted octanol–water partition coefficient (Wildman–Crippen LogP) is 5.13. The van der Waals surface area contributed by atoms with E-state index < -0.39 is 11.7 Å². The first-order valence-corrected chi connectivity index (χ1v) is 13.0. The topological polar surface area (TPSA) is 101 Å². The largest absolute Gasteiger partial charge is 0.439 e.